The van der Waals surface area contributed by atoms with E-state index in [2.05, 4.69) is 9.72 Å². The van der Waals surface area contributed by atoms with Gasteiger partial charge in [-0.3, -0.25) is 9.59 Å². The van der Waals surface area contributed by atoms with Gasteiger partial charge in [0, 0.05) is 38.1 Å². The van der Waals surface area contributed by atoms with Gasteiger partial charge < -0.3 is 14.2 Å². The number of hydrogen-bond acceptors (Lipinski definition) is 4. The number of amides is 1. The zero-order chi connectivity index (χ0) is 18.8. The van der Waals surface area contributed by atoms with E-state index in [1.807, 2.05) is 42.0 Å². The summed E-state index contributed by atoms with van der Waals surface area (Å²) in [6, 6.07) is 7.95. The highest BCUT2D eigenvalue weighted by Crippen LogP contribution is 2.07. The van der Waals surface area contributed by atoms with E-state index in [-0.39, 0.29) is 18.3 Å². The Bertz CT molecular complexity index is 721. The summed E-state index contributed by atoms with van der Waals surface area (Å²) >= 11 is 0. The van der Waals surface area contributed by atoms with Crippen molar-refractivity contribution in [3.05, 3.63) is 60.2 Å². The fraction of sp³-hybridized carbons (Fsp3) is 0.350. The highest BCUT2D eigenvalue weighted by Gasteiger charge is 2.13. The Labute approximate surface area is 154 Å². The third kappa shape index (κ3) is 6.55. The molecule has 6 heteroatoms. The number of carbonyl (C=O) groups excluding carboxylic acids is 2. The van der Waals surface area contributed by atoms with E-state index in [0.29, 0.717) is 13.1 Å². The first kappa shape index (κ1) is 19.4. The number of benzene rings is 1. The SMILES string of the molecule is COC(=O)CCN(CCCn1ccnc1)C(=O)/C=C/c1ccc(C)cc1. The van der Waals surface area contributed by atoms with Crippen molar-refractivity contribution in [3.8, 4) is 0 Å². The molecule has 138 valence electrons. The molecule has 1 amide bonds. The van der Waals surface area contributed by atoms with Gasteiger partial charge in [0.15, 0.2) is 0 Å². The molecule has 0 aliphatic carbocycles. The van der Waals surface area contributed by atoms with Crippen molar-refractivity contribution in [2.45, 2.75) is 26.3 Å². The van der Waals surface area contributed by atoms with Crippen LogP contribution in [0.1, 0.15) is 24.0 Å². The number of hydrogen-bond donors (Lipinski definition) is 0. The lowest BCUT2D eigenvalue weighted by atomic mass is 10.1. The second-order valence-corrected chi connectivity index (χ2v) is 6.05. The number of aromatic nitrogens is 2. The summed E-state index contributed by atoms with van der Waals surface area (Å²) in [5.41, 5.74) is 2.14. The summed E-state index contributed by atoms with van der Waals surface area (Å²) in [5.74, 6) is -0.431. The highest BCUT2D eigenvalue weighted by molar-refractivity contribution is 5.92. The van der Waals surface area contributed by atoms with Crippen molar-refractivity contribution >= 4 is 18.0 Å². The number of rotatable bonds is 9. The van der Waals surface area contributed by atoms with Crippen LogP contribution in [-0.4, -0.2) is 46.5 Å². The lowest BCUT2D eigenvalue weighted by Crippen LogP contribution is -2.33. The molecule has 0 saturated carbocycles. The molecule has 1 aromatic heterocycles. The van der Waals surface area contributed by atoms with Gasteiger partial charge in [0.2, 0.25) is 5.91 Å². The largest absolute Gasteiger partial charge is 0.469 e. The molecule has 0 aliphatic heterocycles. The smallest absolute Gasteiger partial charge is 0.307 e. The van der Waals surface area contributed by atoms with Crippen molar-refractivity contribution in [1.29, 1.82) is 0 Å². The predicted molar refractivity (Wildman–Crippen MR) is 100 cm³/mol. The van der Waals surface area contributed by atoms with Crippen molar-refractivity contribution in [2.24, 2.45) is 0 Å². The topological polar surface area (TPSA) is 64.4 Å². The maximum absolute atomic E-state index is 12.5. The normalized spacial score (nSPS) is 10.8. The second kappa shape index (κ2) is 10.2. The van der Waals surface area contributed by atoms with Crippen LogP contribution in [0, 0.1) is 6.92 Å². The fourth-order valence-corrected chi connectivity index (χ4v) is 2.47. The van der Waals surface area contributed by atoms with Gasteiger partial charge in [-0.05, 0) is 25.0 Å². The molecule has 0 fully saturated rings. The van der Waals surface area contributed by atoms with Crippen LogP contribution in [0.15, 0.2) is 49.1 Å². The van der Waals surface area contributed by atoms with Crippen LogP contribution in [0.3, 0.4) is 0 Å². The molecular formula is C20H25N3O3. The molecule has 0 bridgehead atoms. The molecule has 1 aromatic carbocycles. The maximum atomic E-state index is 12.5. The summed E-state index contributed by atoms with van der Waals surface area (Å²) in [7, 11) is 1.35. The lowest BCUT2D eigenvalue weighted by molar-refractivity contribution is -0.141. The molecular weight excluding hydrogens is 330 g/mol. The van der Waals surface area contributed by atoms with Crippen LogP contribution in [0.25, 0.3) is 6.08 Å². The number of methoxy groups -OCH3 is 1. The Morgan fingerprint density at radius 2 is 2.00 bits per heavy atom. The van der Waals surface area contributed by atoms with E-state index < -0.39 is 0 Å². The first-order chi connectivity index (χ1) is 12.6. The number of esters is 1. The zero-order valence-electron chi connectivity index (χ0n) is 15.3. The fourth-order valence-electron chi connectivity index (χ4n) is 2.47. The molecule has 0 spiro atoms. The van der Waals surface area contributed by atoms with Gasteiger partial charge in [0.05, 0.1) is 19.9 Å². The van der Waals surface area contributed by atoms with Gasteiger partial charge >= 0.3 is 5.97 Å². The molecule has 0 aliphatic rings. The molecule has 26 heavy (non-hydrogen) atoms. The van der Waals surface area contributed by atoms with Crippen molar-refractivity contribution in [1.82, 2.24) is 14.5 Å². The van der Waals surface area contributed by atoms with Crippen molar-refractivity contribution in [3.63, 3.8) is 0 Å². The molecule has 0 unspecified atom stereocenters. The van der Waals surface area contributed by atoms with Gasteiger partial charge in [-0.15, -0.1) is 0 Å². The average Bonchev–Trinajstić information content (AvgIpc) is 3.16. The van der Waals surface area contributed by atoms with Gasteiger partial charge in [0.25, 0.3) is 0 Å². The summed E-state index contributed by atoms with van der Waals surface area (Å²) < 4.78 is 6.64. The van der Waals surface area contributed by atoms with Crippen LogP contribution in [0.2, 0.25) is 0 Å². The Kier molecular flexibility index (Phi) is 7.61. The van der Waals surface area contributed by atoms with Crippen molar-refractivity contribution in [2.75, 3.05) is 20.2 Å². The minimum absolute atomic E-state index is 0.111. The number of aryl methyl sites for hydroxylation is 2. The quantitative estimate of drug-likeness (QED) is 0.512. The van der Waals surface area contributed by atoms with Crippen LogP contribution in [-0.2, 0) is 20.9 Å². The van der Waals surface area contributed by atoms with E-state index in [0.717, 1.165) is 18.5 Å². The number of imidazole rings is 1. The molecule has 0 saturated heterocycles. The van der Waals surface area contributed by atoms with Gasteiger partial charge in [-0.25, -0.2) is 4.98 Å². The molecule has 2 rings (SSSR count). The Morgan fingerprint density at radius 3 is 2.65 bits per heavy atom. The second-order valence-electron chi connectivity index (χ2n) is 6.05. The van der Waals surface area contributed by atoms with Crippen LogP contribution < -0.4 is 0 Å². The summed E-state index contributed by atoms with van der Waals surface area (Å²) in [6.45, 7) is 3.69. The van der Waals surface area contributed by atoms with Gasteiger partial charge in [-0.1, -0.05) is 29.8 Å². The molecule has 0 radical (unpaired) electrons. The minimum atomic E-state index is -0.320. The molecule has 0 N–H and O–H groups in total. The third-order valence-corrected chi connectivity index (χ3v) is 4.02. The minimum Gasteiger partial charge on any atom is -0.469 e. The number of ether oxygens (including phenoxy) is 1. The highest BCUT2D eigenvalue weighted by atomic mass is 16.5. The van der Waals surface area contributed by atoms with Crippen LogP contribution in [0.4, 0.5) is 0 Å². The van der Waals surface area contributed by atoms with Gasteiger partial charge in [-0.2, -0.15) is 0 Å². The third-order valence-electron chi connectivity index (χ3n) is 4.02. The molecule has 2 aromatic rings. The van der Waals surface area contributed by atoms with E-state index in [1.165, 1.54) is 12.7 Å². The molecule has 6 nitrogen and oxygen atoms in total. The zero-order valence-corrected chi connectivity index (χ0v) is 15.3. The summed E-state index contributed by atoms with van der Waals surface area (Å²) in [5, 5.41) is 0. The van der Waals surface area contributed by atoms with Crippen LogP contribution in [0.5, 0.6) is 0 Å². The summed E-state index contributed by atoms with van der Waals surface area (Å²) in [6.07, 6.45) is 9.68. The Morgan fingerprint density at radius 1 is 1.23 bits per heavy atom. The number of nitrogens with zero attached hydrogens (tertiary/aromatic N) is 3. The molecule has 0 atom stereocenters. The van der Waals surface area contributed by atoms with E-state index in [4.69, 9.17) is 0 Å². The van der Waals surface area contributed by atoms with Crippen molar-refractivity contribution < 1.29 is 14.3 Å². The standard InChI is InChI=1S/C20H25N3O3/c1-17-4-6-18(7-5-17)8-9-19(24)23(14-10-20(25)26-2)13-3-12-22-15-11-21-16-22/h4-9,11,15-16H,3,10,12-14H2,1-2H3/b9-8+. The maximum Gasteiger partial charge on any atom is 0.307 e. The summed E-state index contributed by atoms with van der Waals surface area (Å²) in [4.78, 5) is 29.6. The first-order valence-corrected chi connectivity index (χ1v) is 8.64. The van der Waals surface area contributed by atoms with Crippen LogP contribution >= 0.6 is 0 Å². The number of carbonyl (C=O) groups is 2. The first-order valence-electron chi connectivity index (χ1n) is 8.64. The average molecular weight is 355 g/mol. The van der Waals surface area contributed by atoms with Gasteiger partial charge in [0.1, 0.15) is 0 Å². The predicted octanol–water partition coefficient (Wildman–Crippen LogP) is 2.69. The lowest BCUT2D eigenvalue weighted by Gasteiger charge is -2.21. The van der Waals surface area contributed by atoms with E-state index in [9.17, 15) is 9.59 Å². The monoisotopic (exact) mass is 355 g/mol. The van der Waals surface area contributed by atoms with E-state index in [1.54, 1.807) is 29.6 Å². The Hall–Kier alpha value is -2.89. The van der Waals surface area contributed by atoms with E-state index >= 15 is 0 Å². The Balaban J connectivity index is 1.94. The molecule has 1 heterocycles.